The van der Waals surface area contributed by atoms with Crippen molar-refractivity contribution in [3.63, 3.8) is 0 Å². The van der Waals surface area contributed by atoms with E-state index >= 15 is 0 Å². The van der Waals surface area contributed by atoms with Crippen molar-refractivity contribution in [1.82, 2.24) is 10.6 Å². The second-order valence-electron chi connectivity index (χ2n) is 7.75. The average molecular weight is 463 g/mol. The van der Waals surface area contributed by atoms with Gasteiger partial charge in [-0.25, -0.2) is 4.79 Å². The molecule has 1 saturated heterocycles. The number of rotatable bonds is 7. The maximum Gasteiger partial charge on any atom is 0.333 e. The van der Waals surface area contributed by atoms with E-state index in [4.69, 9.17) is 32.7 Å². The summed E-state index contributed by atoms with van der Waals surface area (Å²) in [5.41, 5.74) is 3.21. The van der Waals surface area contributed by atoms with Gasteiger partial charge in [-0.3, -0.25) is 0 Å². The second kappa shape index (κ2) is 9.49. The van der Waals surface area contributed by atoms with Gasteiger partial charge in [0.15, 0.2) is 5.75 Å². The minimum Gasteiger partial charge on any atom is -0.490 e. The highest BCUT2D eigenvalue weighted by Gasteiger charge is 2.35. The molecule has 4 rings (SSSR count). The predicted molar refractivity (Wildman–Crippen MR) is 121 cm³/mol. The molecule has 0 saturated carbocycles. The summed E-state index contributed by atoms with van der Waals surface area (Å²) in [6.45, 7) is 3.99. The zero-order valence-corrected chi connectivity index (χ0v) is 18.6. The van der Waals surface area contributed by atoms with E-state index in [1.54, 1.807) is 12.1 Å². The third kappa shape index (κ3) is 4.99. The first kappa shape index (κ1) is 22.0. The van der Waals surface area contributed by atoms with Crippen molar-refractivity contribution < 1.29 is 19.4 Å². The fourth-order valence-corrected chi connectivity index (χ4v) is 4.82. The van der Waals surface area contributed by atoms with Gasteiger partial charge in [-0.1, -0.05) is 35.3 Å². The molecule has 2 aliphatic heterocycles. The molecule has 2 aliphatic rings. The van der Waals surface area contributed by atoms with Crippen molar-refractivity contribution in [2.24, 2.45) is 0 Å². The topological polar surface area (TPSA) is 79.8 Å². The van der Waals surface area contributed by atoms with Gasteiger partial charge in [0.05, 0.1) is 21.7 Å². The van der Waals surface area contributed by atoms with Crippen molar-refractivity contribution in [2.45, 2.75) is 25.4 Å². The fraction of sp³-hybridized carbons (Fsp3) is 0.348. The molecule has 2 aromatic rings. The number of halogens is 2. The summed E-state index contributed by atoms with van der Waals surface area (Å²) in [7, 11) is 0. The second-order valence-corrected chi connectivity index (χ2v) is 8.57. The van der Waals surface area contributed by atoms with Gasteiger partial charge in [-0.2, -0.15) is 0 Å². The van der Waals surface area contributed by atoms with Crippen LogP contribution in [-0.2, 0) is 4.79 Å². The van der Waals surface area contributed by atoms with Crippen LogP contribution in [0.3, 0.4) is 0 Å². The van der Waals surface area contributed by atoms with Gasteiger partial charge >= 0.3 is 5.97 Å². The van der Waals surface area contributed by atoms with Crippen molar-refractivity contribution in [3.05, 3.63) is 63.1 Å². The van der Waals surface area contributed by atoms with E-state index in [2.05, 4.69) is 10.6 Å². The molecular formula is C23H24Cl2N2O4. The van der Waals surface area contributed by atoms with Crippen molar-refractivity contribution in [3.8, 4) is 11.5 Å². The lowest BCUT2D eigenvalue weighted by Crippen LogP contribution is -2.58. The molecule has 1 fully saturated rings. The molecule has 31 heavy (non-hydrogen) atoms. The van der Waals surface area contributed by atoms with Crippen LogP contribution in [0.4, 0.5) is 0 Å². The lowest BCUT2D eigenvalue weighted by molar-refractivity contribution is -0.133. The van der Waals surface area contributed by atoms with E-state index < -0.39 is 5.97 Å². The Hall–Kier alpha value is -2.25. The van der Waals surface area contributed by atoms with Gasteiger partial charge < -0.3 is 25.2 Å². The number of fused-ring (bicyclic) bond motifs is 2. The molecule has 2 heterocycles. The minimum absolute atomic E-state index is 0.173. The van der Waals surface area contributed by atoms with E-state index in [0.717, 1.165) is 23.2 Å². The first-order valence-corrected chi connectivity index (χ1v) is 10.9. The van der Waals surface area contributed by atoms with Crippen LogP contribution in [0.1, 0.15) is 17.5 Å². The molecular weight excluding hydrogens is 439 g/mol. The van der Waals surface area contributed by atoms with Gasteiger partial charge in [-0.05, 0) is 54.3 Å². The Balaban J connectivity index is 1.39. The maximum absolute atomic E-state index is 11.9. The Morgan fingerprint density at radius 2 is 1.77 bits per heavy atom. The number of carboxylic acids is 1. The lowest BCUT2D eigenvalue weighted by Gasteiger charge is -2.38. The Morgan fingerprint density at radius 1 is 1.10 bits per heavy atom. The van der Waals surface area contributed by atoms with Crippen LogP contribution in [0.15, 0.2) is 42.0 Å². The molecule has 2 atom stereocenters. The summed E-state index contributed by atoms with van der Waals surface area (Å²) in [4.78, 5) is 11.9. The Labute approximate surface area is 191 Å². The summed E-state index contributed by atoms with van der Waals surface area (Å²) < 4.78 is 11.4. The van der Waals surface area contributed by atoms with Crippen LogP contribution in [0.25, 0.3) is 5.57 Å². The van der Waals surface area contributed by atoms with Crippen LogP contribution >= 0.6 is 23.2 Å². The molecule has 0 radical (unpaired) electrons. The molecule has 8 heteroatoms. The molecule has 3 N–H and O–H groups in total. The van der Waals surface area contributed by atoms with Crippen molar-refractivity contribution in [1.29, 1.82) is 0 Å². The molecule has 2 bridgehead atoms. The molecule has 0 aromatic heterocycles. The van der Waals surface area contributed by atoms with E-state index in [1.165, 1.54) is 0 Å². The van der Waals surface area contributed by atoms with Gasteiger partial charge in [0.1, 0.15) is 19.0 Å². The number of aryl methyl sites for hydroxylation is 1. The van der Waals surface area contributed by atoms with Gasteiger partial charge in [0.2, 0.25) is 0 Å². The summed E-state index contributed by atoms with van der Waals surface area (Å²) in [6, 6.07) is 11.2. The predicted octanol–water partition coefficient (Wildman–Crippen LogP) is 3.93. The standard InChI is InChI=1S/C23H24Cl2N2O4/c1-13-8-18(24)22(19(25)9-13)31-7-6-30-16-4-2-14(3-5-16)17-10-15-11-26-12-20(27-15)21(17)23(28)29/h2-5,8-9,15,20,26-27H,6-7,10-12H2,1H3,(H,28,29)/t15-,20-/m0/s1. The van der Waals surface area contributed by atoms with Gasteiger partial charge in [-0.15, -0.1) is 0 Å². The Kier molecular flexibility index (Phi) is 6.72. The first-order valence-electron chi connectivity index (χ1n) is 10.2. The molecule has 0 spiro atoms. The highest BCUT2D eigenvalue weighted by molar-refractivity contribution is 6.37. The normalized spacial score (nSPS) is 20.5. The fourth-order valence-electron chi connectivity index (χ4n) is 4.12. The number of carboxylic acid groups (broad SMARTS) is 1. The molecule has 164 valence electrons. The monoisotopic (exact) mass is 462 g/mol. The number of carbonyl (C=O) groups is 1. The molecule has 6 nitrogen and oxygen atoms in total. The van der Waals surface area contributed by atoms with Crippen LogP contribution in [0.2, 0.25) is 10.0 Å². The largest absolute Gasteiger partial charge is 0.490 e. The van der Waals surface area contributed by atoms with Gasteiger partial charge in [0.25, 0.3) is 0 Å². The number of ether oxygens (including phenoxy) is 2. The van der Waals surface area contributed by atoms with E-state index in [0.29, 0.717) is 53.3 Å². The van der Waals surface area contributed by atoms with Gasteiger partial charge in [0, 0.05) is 19.1 Å². The third-order valence-corrected chi connectivity index (χ3v) is 6.04. The highest BCUT2D eigenvalue weighted by Crippen LogP contribution is 2.34. The lowest BCUT2D eigenvalue weighted by atomic mass is 9.84. The zero-order chi connectivity index (χ0) is 22.0. The third-order valence-electron chi connectivity index (χ3n) is 5.47. The Bertz CT molecular complexity index is 984. The van der Waals surface area contributed by atoms with Crippen LogP contribution in [-0.4, -0.2) is 49.5 Å². The summed E-state index contributed by atoms with van der Waals surface area (Å²) >= 11 is 12.4. The molecule has 0 aliphatic carbocycles. The van der Waals surface area contributed by atoms with Crippen LogP contribution in [0.5, 0.6) is 11.5 Å². The van der Waals surface area contributed by atoms with Crippen molar-refractivity contribution >= 4 is 34.7 Å². The van der Waals surface area contributed by atoms with E-state index in [9.17, 15) is 9.90 Å². The number of piperazine rings is 1. The van der Waals surface area contributed by atoms with Crippen LogP contribution < -0.4 is 20.1 Å². The summed E-state index contributed by atoms with van der Waals surface area (Å²) in [5, 5.41) is 17.4. The average Bonchev–Trinajstić information content (AvgIpc) is 2.72. The minimum atomic E-state index is -0.874. The van der Waals surface area contributed by atoms with E-state index in [-0.39, 0.29) is 12.1 Å². The van der Waals surface area contributed by atoms with Crippen LogP contribution in [0, 0.1) is 6.92 Å². The number of hydrogen-bond acceptors (Lipinski definition) is 5. The molecule has 0 unspecified atom stereocenters. The maximum atomic E-state index is 11.9. The number of benzene rings is 2. The molecule has 2 aromatic carbocycles. The highest BCUT2D eigenvalue weighted by atomic mass is 35.5. The summed E-state index contributed by atoms with van der Waals surface area (Å²) in [6.07, 6.45) is 0.678. The van der Waals surface area contributed by atoms with Crippen molar-refractivity contribution in [2.75, 3.05) is 26.3 Å². The zero-order valence-electron chi connectivity index (χ0n) is 17.1. The first-order chi connectivity index (χ1) is 14.9. The quantitative estimate of drug-likeness (QED) is 0.540. The number of aliphatic carboxylic acids is 1. The Morgan fingerprint density at radius 3 is 2.45 bits per heavy atom. The number of hydrogen-bond donors (Lipinski definition) is 3. The molecule has 0 amide bonds. The number of nitrogens with one attached hydrogen (secondary N) is 2. The van der Waals surface area contributed by atoms with E-state index in [1.807, 2.05) is 31.2 Å². The summed E-state index contributed by atoms with van der Waals surface area (Å²) in [5.74, 6) is 0.259. The SMILES string of the molecule is Cc1cc(Cl)c(OCCOc2ccc(C3=C(C(=O)O)[C@@H]4CNC[C@H](C3)N4)cc2)c(Cl)c1. The smallest absolute Gasteiger partial charge is 0.333 e.